The molecular weight excluding hydrogens is 374 g/mol. The summed E-state index contributed by atoms with van der Waals surface area (Å²) in [5.74, 6) is 0.370. The van der Waals surface area contributed by atoms with E-state index in [2.05, 4.69) is 49.1 Å². The molecule has 2 N–H and O–H groups in total. The maximum absolute atomic E-state index is 9.85. The number of rotatable bonds is 5. The Labute approximate surface area is 176 Å². The first kappa shape index (κ1) is 19.6. The maximum atomic E-state index is 9.85. The molecule has 1 atom stereocenters. The zero-order chi connectivity index (χ0) is 21.3. The van der Waals surface area contributed by atoms with Crippen LogP contribution in [0.4, 0.5) is 5.69 Å². The number of aromatic nitrogens is 2. The molecule has 3 aromatic rings. The van der Waals surface area contributed by atoms with Crippen molar-refractivity contribution >= 4 is 5.69 Å². The number of allylic oxidation sites excluding steroid dienone is 1. The van der Waals surface area contributed by atoms with Gasteiger partial charge in [0.05, 0.1) is 22.9 Å². The highest BCUT2D eigenvalue weighted by atomic mass is 16.5. The number of nitrogens with zero attached hydrogens (tertiary/aromatic N) is 4. The minimum Gasteiger partial charge on any atom is -0.422 e. The van der Waals surface area contributed by atoms with Crippen molar-refractivity contribution in [3.63, 3.8) is 0 Å². The molecule has 0 amide bonds. The Balaban J connectivity index is 1.85. The summed E-state index contributed by atoms with van der Waals surface area (Å²) < 4.78 is 7.67. The van der Waals surface area contributed by atoms with E-state index in [9.17, 15) is 5.26 Å². The normalized spacial score (nSPS) is 15.3. The highest BCUT2D eigenvalue weighted by molar-refractivity contribution is 5.59. The number of benzene rings is 2. The number of anilines is 1. The molecule has 2 aromatic carbocycles. The molecule has 0 saturated carbocycles. The third-order valence-electron chi connectivity index (χ3n) is 5.59. The molecule has 6 heteroatoms. The van der Waals surface area contributed by atoms with Crippen molar-refractivity contribution in [1.82, 2.24) is 9.78 Å². The Morgan fingerprint density at radius 3 is 2.37 bits per heavy atom. The lowest BCUT2D eigenvalue weighted by Crippen LogP contribution is -2.23. The molecule has 1 aromatic heterocycles. The SMILES string of the molecule is CCN(CC)c1ccc(C2C(C#N)=C(N)Oc3c2c(C)nn3-c2ccccc2)cc1. The molecule has 4 rings (SSSR count). The van der Waals surface area contributed by atoms with Gasteiger partial charge in [0.15, 0.2) is 0 Å². The number of hydrogen-bond donors (Lipinski definition) is 1. The van der Waals surface area contributed by atoms with Crippen LogP contribution in [-0.4, -0.2) is 22.9 Å². The van der Waals surface area contributed by atoms with E-state index in [0.29, 0.717) is 11.5 Å². The van der Waals surface area contributed by atoms with Gasteiger partial charge in [0.25, 0.3) is 0 Å². The second kappa shape index (κ2) is 7.96. The van der Waals surface area contributed by atoms with Crippen molar-refractivity contribution in [3.8, 4) is 17.6 Å². The summed E-state index contributed by atoms with van der Waals surface area (Å²) in [6, 6.07) is 20.4. The molecule has 1 unspecified atom stereocenters. The molecule has 0 bridgehead atoms. The van der Waals surface area contributed by atoms with Crippen LogP contribution in [-0.2, 0) is 0 Å². The van der Waals surface area contributed by atoms with E-state index in [1.807, 2.05) is 37.3 Å². The molecular formula is C24H25N5O. The van der Waals surface area contributed by atoms with Gasteiger partial charge >= 0.3 is 0 Å². The summed E-state index contributed by atoms with van der Waals surface area (Å²) in [5.41, 5.74) is 11.3. The monoisotopic (exact) mass is 399 g/mol. The van der Waals surface area contributed by atoms with Crippen molar-refractivity contribution in [2.75, 3.05) is 18.0 Å². The van der Waals surface area contributed by atoms with E-state index in [1.165, 1.54) is 0 Å². The first-order valence-corrected chi connectivity index (χ1v) is 10.2. The van der Waals surface area contributed by atoms with Crippen LogP contribution in [0.15, 0.2) is 66.1 Å². The van der Waals surface area contributed by atoms with Crippen molar-refractivity contribution < 1.29 is 4.74 Å². The first-order valence-electron chi connectivity index (χ1n) is 10.2. The van der Waals surface area contributed by atoms with E-state index in [0.717, 1.165) is 41.3 Å². The Morgan fingerprint density at radius 1 is 1.10 bits per heavy atom. The molecule has 0 fully saturated rings. The number of hydrogen-bond acceptors (Lipinski definition) is 5. The average Bonchev–Trinajstić information content (AvgIpc) is 3.10. The quantitative estimate of drug-likeness (QED) is 0.694. The lowest BCUT2D eigenvalue weighted by Gasteiger charge is -2.26. The molecule has 1 aliphatic heterocycles. The molecule has 0 aliphatic carbocycles. The minimum absolute atomic E-state index is 0.125. The standard InChI is InChI=1S/C24H25N5O/c1-4-28(5-2)18-13-11-17(12-14-18)22-20(15-25)23(26)30-24-21(22)16(3)27-29(24)19-9-7-6-8-10-19/h6-14,22H,4-5,26H2,1-3H3. The predicted molar refractivity (Wildman–Crippen MR) is 118 cm³/mol. The van der Waals surface area contributed by atoms with E-state index < -0.39 is 0 Å². The summed E-state index contributed by atoms with van der Waals surface area (Å²) in [6.07, 6.45) is 0. The average molecular weight is 399 g/mol. The van der Waals surface area contributed by atoms with Crippen LogP contribution < -0.4 is 15.4 Å². The second-order valence-electron chi connectivity index (χ2n) is 7.24. The number of para-hydroxylation sites is 1. The van der Waals surface area contributed by atoms with Gasteiger partial charge in [-0.15, -0.1) is 0 Å². The summed E-state index contributed by atoms with van der Waals surface area (Å²) in [6.45, 7) is 8.10. The van der Waals surface area contributed by atoms with Crippen LogP contribution in [0.5, 0.6) is 5.88 Å². The summed E-state index contributed by atoms with van der Waals surface area (Å²) in [7, 11) is 0. The van der Waals surface area contributed by atoms with Crippen LogP contribution in [0, 0.1) is 18.3 Å². The second-order valence-corrected chi connectivity index (χ2v) is 7.24. The Bertz CT molecular complexity index is 1120. The van der Waals surface area contributed by atoms with Crippen molar-refractivity contribution in [1.29, 1.82) is 5.26 Å². The molecule has 0 saturated heterocycles. The zero-order valence-electron chi connectivity index (χ0n) is 17.5. The van der Waals surface area contributed by atoms with Crippen LogP contribution in [0.25, 0.3) is 5.69 Å². The number of nitriles is 1. The van der Waals surface area contributed by atoms with Crippen LogP contribution >= 0.6 is 0 Å². The topological polar surface area (TPSA) is 80.1 Å². The highest BCUT2D eigenvalue weighted by Crippen LogP contribution is 2.44. The van der Waals surface area contributed by atoms with Crippen LogP contribution in [0.3, 0.4) is 0 Å². The Morgan fingerprint density at radius 2 is 1.77 bits per heavy atom. The number of aryl methyl sites for hydroxylation is 1. The molecule has 0 spiro atoms. The van der Waals surface area contributed by atoms with Gasteiger partial charge in [0, 0.05) is 18.8 Å². The first-order chi connectivity index (χ1) is 14.6. The largest absolute Gasteiger partial charge is 0.422 e. The van der Waals surface area contributed by atoms with Crippen molar-refractivity contribution in [3.05, 3.63) is 82.9 Å². The lowest BCUT2D eigenvalue weighted by molar-refractivity contribution is 0.367. The van der Waals surface area contributed by atoms with E-state index in [-0.39, 0.29) is 11.8 Å². The van der Waals surface area contributed by atoms with Gasteiger partial charge in [-0.2, -0.15) is 10.4 Å². The van der Waals surface area contributed by atoms with E-state index in [4.69, 9.17) is 15.6 Å². The van der Waals surface area contributed by atoms with Crippen LogP contribution in [0.2, 0.25) is 0 Å². The molecule has 1 aliphatic rings. The lowest BCUT2D eigenvalue weighted by atomic mass is 9.84. The van der Waals surface area contributed by atoms with Gasteiger partial charge in [0.1, 0.15) is 11.6 Å². The molecule has 30 heavy (non-hydrogen) atoms. The van der Waals surface area contributed by atoms with Crippen LogP contribution in [0.1, 0.15) is 36.6 Å². The molecule has 152 valence electrons. The van der Waals surface area contributed by atoms with Gasteiger partial charge in [-0.1, -0.05) is 30.3 Å². The third-order valence-corrected chi connectivity index (χ3v) is 5.59. The summed E-state index contributed by atoms with van der Waals surface area (Å²) >= 11 is 0. The third kappa shape index (κ3) is 3.18. The van der Waals surface area contributed by atoms with Crippen molar-refractivity contribution in [2.45, 2.75) is 26.7 Å². The fourth-order valence-corrected chi connectivity index (χ4v) is 4.06. The smallest absolute Gasteiger partial charge is 0.229 e. The fraction of sp³-hybridized carbons (Fsp3) is 0.250. The summed E-state index contributed by atoms with van der Waals surface area (Å²) in [4.78, 5) is 2.28. The number of fused-ring (bicyclic) bond motifs is 1. The van der Waals surface area contributed by atoms with Gasteiger partial charge in [-0.25, -0.2) is 4.68 Å². The summed E-state index contributed by atoms with van der Waals surface area (Å²) in [5, 5.41) is 14.6. The van der Waals surface area contributed by atoms with E-state index >= 15 is 0 Å². The van der Waals surface area contributed by atoms with Gasteiger partial charge < -0.3 is 15.4 Å². The maximum Gasteiger partial charge on any atom is 0.229 e. The minimum atomic E-state index is -0.318. The Hall–Kier alpha value is -3.72. The van der Waals surface area contributed by atoms with Crippen molar-refractivity contribution in [2.24, 2.45) is 5.73 Å². The van der Waals surface area contributed by atoms with Gasteiger partial charge in [-0.05, 0) is 50.6 Å². The molecule has 6 nitrogen and oxygen atoms in total. The van der Waals surface area contributed by atoms with Gasteiger partial charge in [-0.3, -0.25) is 0 Å². The number of ether oxygens (including phenoxy) is 1. The highest BCUT2D eigenvalue weighted by Gasteiger charge is 2.36. The number of nitrogens with two attached hydrogens (primary N) is 1. The zero-order valence-corrected chi connectivity index (χ0v) is 17.5. The molecule has 0 radical (unpaired) electrons. The predicted octanol–water partition coefficient (Wildman–Crippen LogP) is 4.25. The Kier molecular flexibility index (Phi) is 5.20. The van der Waals surface area contributed by atoms with Gasteiger partial charge in [0.2, 0.25) is 11.8 Å². The van der Waals surface area contributed by atoms with E-state index in [1.54, 1.807) is 4.68 Å². The molecule has 2 heterocycles. The fourth-order valence-electron chi connectivity index (χ4n) is 4.06.